The van der Waals surface area contributed by atoms with Crippen LogP contribution in [0.3, 0.4) is 0 Å². The van der Waals surface area contributed by atoms with Gasteiger partial charge in [0.05, 0.1) is 22.8 Å². The van der Waals surface area contributed by atoms with E-state index in [9.17, 15) is 13.2 Å². The second-order valence-corrected chi connectivity index (χ2v) is 12.5. The van der Waals surface area contributed by atoms with Crippen molar-refractivity contribution in [3.8, 4) is 5.75 Å². The number of hydrogen-bond acceptors (Lipinski definition) is 8. The number of nitrogens with zero attached hydrogens (tertiary/aromatic N) is 4. The Kier molecular flexibility index (Phi) is 8.49. The van der Waals surface area contributed by atoms with E-state index in [4.69, 9.17) is 14.5 Å². The van der Waals surface area contributed by atoms with Gasteiger partial charge in [0.15, 0.2) is 5.13 Å². The molecule has 11 heteroatoms. The maximum Gasteiger partial charge on any atom is 0.260 e. The lowest BCUT2D eigenvalue weighted by Crippen LogP contribution is -2.37. The van der Waals surface area contributed by atoms with E-state index in [-0.39, 0.29) is 16.9 Å². The van der Waals surface area contributed by atoms with Crippen molar-refractivity contribution >= 4 is 42.6 Å². The average molecular weight is 547 g/mol. The first-order chi connectivity index (χ1) is 17.6. The quantitative estimate of drug-likeness (QED) is 0.384. The molecule has 0 spiro atoms. The third-order valence-electron chi connectivity index (χ3n) is 6.45. The zero-order valence-electron chi connectivity index (χ0n) is 21.9. The fraction of sp³-hybridized carbons (Fsp3) is 0.462. The number of aryl methyl sites for hydroxylation is 1. The zero-order valence-corrected chi connectivity index (χ0v) is 23.6. The SMILES string of the molecule is COc1ccc(C)c2sc(N(CCN(C)C)C(=O)c3ccc(S(=O)(=O)N(C)CC4CCCO4)cc3)nc12. The molecule has 1 amide bonds. The minimum atomic E-state index is -3.70. The van der Waals surface area contributed by atoms with Gasteiger partial charge in [-0.2, -0.15) is 4.31 Å². The van der Waals surface area contributed by atoms with Gasteiger partial charge in [0, 0.05) is 38.9 Å². The molecular formula is C26H34N4O5S2. The molecule has 1 atom stereocenters. The van der Waals surface area contributed by atoms with Crippen molar-refractivity contribution in [1.29, 1.82) is 0 Å². The maximum absolute atomic E-state index is 13.7. The summed E-state index contributed by atoms with van der Waals surface area (Å²) in [5.41, 5.74) is 2.17. The first kappa shape index (κ1) is 27.5. The van der Waals surface area contributed by atoms with Crippen molar-refractivity contribution in [3.63, 3.8) is 0 Å². The summed E-state index contributed by atoms with van der Waals surface area (Å²) in [7, 11) is 3.36. The number of thiazole rings is 1. The highest BCUT2D eigenvalue weighted by atomic mass is 32.2. The average Bonchev–Trinajstić information content (AvgIpc) is 3.55. The number of amides is 1. The third-order valence-corrected chi connectivity index (χ3v) is 9.50. The molecule has 0 N–H and O–H groups in total. The number of methoxy groups -OCH3 is 1. The highest BCUT2D eigenvalue weighted by Crippen LogP contribution is 2.37. The third kappa shape index (κ3) is 5.96. The van der Waals surface area contributed by atoms with Crippen LogP contribution in [-0.2, 0) is 14.8 Å². The van der Waals surface area contributed by atoms with E-state index in [1.165, 1.54) is 27.8 Å². The Morgan fingerprint density at radius 2 is 1.86 bits per heavy atom. The summed E-state index contributed by atoms with van der Waals surface area (Å²) in [6.45, 7) is 4.04. The lowest BCUT2D eigenvalue weighted by molar-refractivity contribution is 0.0978. The molecule has 1 fully saturated rings. The predicted octanol–water partition coefficient (Wildman–Crippen LogP) is 3.62. The van der Waals surface area contributed by atoms with Crippen LogP contribution in [-0.4, -0.2) is 89.1 Å². The van der Waals surface area contributed by atoms with Gasteiger partial charge in [-0.1, -0.05) is 17.4 Å². The van der Waals surface area contributed by atoms with Gasteiger partial charge in [0.2, 0.25) is 10.0 Å². The summed E-state index contributed by atoms with van der Waals surface area (Å²) in [4.78, 5) is 22.2. The van der Waals surface area contributed by atoms with Crippen molar-refractivity contribution in [2.45, 2.75) is 30.8 Å². The highest BCUT2D eigenvalue weighted by Gasteiger charge is 2.27. The van der Waals surface area contributed by atoms with Gasteiger partial charge in [-0.3, -0.25) is 9.69 Å². The van der Waals surface area contributed by atoms with Crippen LogP contribution in [0, 0.1) is 6.92 Å². The van der Waals surface area contributed by atoms with Gasteiger partial charge >= 0.3 is 0 Å². The van der Waals surface area contributed by atoms with E-state index in [1.54, 1.807) is 31.2 Å². The molecule has 37 heavy (non-hydrogen) atoms. The minimum absolute atomic E-state index is 0.0815. The normalized spacial score (nSPS) is 16.1. The van der Waals surface area contributed by atoms with Gasteiger partial charge in [-0.05, 0) is 69.8 Å². The Labute approximate surface area is 222 Å². The number of aromatic nitrogens is 1. The highest BCUT2D eigenvalue weighted by molar-refractivity contribution is 7.89. The fourth-order valence-electron chi connectivity index (χ4n) is 4.24. The largest absolute Gasteiger partial charge is 0.494 e. The molecule has 1 saturated heterocycles. The number of benzene rings is 2. The van der Waals surface area contributed by atoms with E-state index in [1.807, 2.05) is 38.1 Å². The van der Waals surface area contributed by atoms with Crippen molar-refractivity contribution in [1.82, 2.24) is 14.2 Å². The van der Waals surface area contributed by atoms with E-state index >= 15 is 0 Å². The van der Waals surface area contributed by atoms with Crippen LogP contribution < -0.4 is 9.64 Å². The molecule has 200 valence electrons. The maximum atomic E-state index is 13.7. The van der Waals surface area contributed by atoms with E-state index < -0.39 is 10.0 Å². The smallest absolute Gasteiger partial charge is 0.260 e. The monoisotopic (exact) mass is 546 g/mol. The molecule has 0 bridgehead atoms. The van der Waals surface area contributed by atoms with Gasteiger partial charge in [-0.15, -0.1) is 0 Å². The number of anilines is 1. The first-order valence-corrected chi connectivity index (χ1v) is 14.5. The summed E-state index contributed by atoms with van der Waals surface area (Å²) < 4.78 is 39.5. The summed E-state index contributed by atoms with van der Waals surface area (Å²) in [5.74, 6) is 0.416. The fourth-order valence-corrected chi connectivity index (χ4v) is 6.52. The van der Waals surface area contributed by atoms with Gasteiger partial charge < -0.3 is 14.4 Å². The predicted molar refractivity (Wildman–Crippen MR) is 146 cm³/mol. The Morgan fingerprint density at radius 3 is 2.49 bits per heavy atom. The lowest BCUT2D eigenvalue weighted by Gasteiger charge is -2.23. The standard InChI is InChI=1S/C26H34N4O5S2/c1-18-8-13-22(34-5)23-24(18)36-26(27-23)30(15-14-28(2)3)25(31)19-9-11-21(12-10-19)37(32,33)29(4)17-20-7-6-16-35-20/h8-13,20H,6-7,14-17H2,1-5H3. The number of carbonyl (C=O) groups excluding carboxylic acids is 1. The molecule has 1 aliphatic rings. The molecule has 0 saturated carbocycles. The first-order valence-electron chi connectivity index (χ1n) is 12.2. The van der Waals surface area contributed by atoms with Crippen LogP contribution in [0.15, 0.2) is 41.3 Å². The van der Waals surface area contributed by atoms with Crippen LogP contribution in [0.2, 0.25) is 0 Å². The second kappa shape index (κ2) is 11.4. The molecule has 1 unspecified atom stereocenters. The molecule has 2 heterocycles. The molecule has 0 radical (unpaired) electrons. The van der Waals surface area contributed by atoms with Crippen LogP contribution >= 0.6 is 11.3 Å². The number of fused-ring (bicyclic) bond motifs is 1. The Bertz CT molecular complexity index is 1350. The number of carbonyl (C=O) groups is 1. The van der Waals surface area contributed by atoms with Crippen molar-refractivity contribution in [2.75, 3.05) is 59.4 Å². The van der Waals surface area contributed by atoms with E-state index in [2.05, 4.69) is 0 Å². The molecular weight excluding hydrogens is 512 g/mol. The molecule has 4 rings (SSSR count). The van der Waals surface area contributed by atoms with Crippen LogP contribution in [0.1, 0.15) is 28.8 Å². The van der Waals surface area contributed by atoms with E-state index in [0.717, 1.165) is 28.6 Å². The molecule has 2 aromatic carbocycles. The van der Waals surface area contributed by atoms with Crippen LogP contribution in [0.5, 0.6) is 5.75 Å². The number of rotatable bonds is 10. The molecule has 1 aromatic heterocycles. The van der Waals surface area contributed by atoms with Gasteiger partial charge in [0.25, 0.3) is 5.91 Å². The van der Waals surface area contributed by atoms with Crippen molar-refractivity contribution in [3.05, 3.63) is 47.5 Å². The van der Waals surface area contributed by atoms with Crippen LogP contribution in [0.25, 0.3) is 10.2 Å². The zero-order chi connectivity index (χ0) is 26.7. The Morgan fingerprint density at radius 1 is 1.14 bits per heavy atom. The summed E-state index contributed by atoms with van der Waals surface area (Å²) in [6.07, 6.45) is 1.72. The number of hydrogen-bond donors (Lipinski definition) is 0. The van der Waals surface area contributed by atoms with Crippen molar-refractivity contribution in [2.24, 2.45) is 0 Å². The van der Waals surface area contributed by atoms with E-state index in [0.29, 0.717) is 42.7 Å². The molecule has 0 aliphatic carbocycles. The Hall–Kier alpha value is -2.57. The second-order valence-electron chi connectivity index (χ2n) is 9.46. The topological polar surface area (TPSA) is 92.3 Å². The van der Waals surface area contributed by atoms with Gasteiger partial charge in [0.1, 0.15) is 11.3 Å². The Balaban J connectivity index is 1.61. The number of ether oxygens (including phenoxy) is 2. The van der Waals surface area contributed by atoms with Crippen LogP contribution in [0.4, 0.5) is 5.13 Å². The number of likely N-dealkylation sites (N-methyl/N-ethyl adjacent to an activating group) is 2. The molecule has 1 aliphatic heterocycles. The summed E-state index contributed by atoms with van der Waals surface area (Å²) in [5, 5.41) is 0.572. The number of sulfonamides is 1. The minimum Gasteiger partial charge on any atom is -0.494 e. The summed E-state index contributed by atoms with van der Waals surface area (Å²) in [6, 6.07) is 9.97. The molecule has 9 nitrogen and oxygen atoms in total. The lowest BCUT2D eigenvalue weighted by atomic mass is 10.2. The molecule has 3 aromatic rings. The summed E-state index contributed by atoms with van der Waals surface area (Å²) >= 11 is 1.44. The van der Waals surface area contributed by atoms with Gasteiger partial charge in [-0.25, -0.2) is 13.4 Å². The van der Waals surface area contributed by atoms with Crippen molar-refractivity contribution < 1.29 is 22.7 Å².